The minimum absolute atomic E-state index is 0.0419. The zero-order valence-corrected chi connectivity index (χ0v) is 16.1. The summed E-state index contributed by atoms with van der Waals surface area (Å²) in [5.74, 6) is -2.17. The maximum atomic E-state index is 13.6. The summed E-state index contributed by atoms with van der Waals surface area (Å²) in [4.78, 5) is 23.9. The zero-order valence-electron chi connectivity index (χ0n) is 15.3. The van der Waals surface area contributed by atoms with Crippen LogP contribution in [-0.2, 0) is 21.1 Å². The van der Waals surface area contributed by atoms with Crippen LogP contribution in [0.4, 0.5) is 8.78 Å². The Bertz CT molecular complexity index is 1240. The van der Waals surface area contributed by atoms with Crippen LogP contribution in [0, 0.1) is 11.6 Å². The molecule has 1 aromatic heterocycles. The van der Waals surface area contributed by atoms with E-state index in [2.05, 4.69) is 5.10 Å². The maximum absolute atomic E-state index is 13.6. The fraction of sp³-hybridized carbons (Fsp3) is 0.150. The number of hydrogen-bond donors (Lipinski definition) is 0. The maximum Gasteiger partial charge on any atom is 0.275 e. The van der Waals surface area contributed by atoms with Gasteiger partial charge in [0.2, 0.25) is 0 Å². The van der Waals surface area contributed by atoms with Crippen molar-refractivity contribution < 1.29 is 22.0 Å². The third-order valence-corrected chi connectivity index (χ3v) is 5.46. The molecule has 29 heavy (non-hydrogen) atoms. The number of hydrogen-bond acceptors (Lipinski definition) is 5. The molecule has 1 heterocycles. The Hall–Kier alpha value is -3.20. The van der Waals surface area contributed by atoms with Crippen molar-refractivity contribution in [2.75, 3.05) is 6.26 Å². The lowest BCUT2D eigenvalue weighted by atomic mass is 10.00. The van der Waals surface area contributed by atoms with Crippen LogP contribution >= 0.6 is 0 Å². The molecule has 0 radical (unpaired) electrons. The third kappa shape index (κ3) is 4.29. The molecular formula is C20H16F2N2O4S. The highest BCUT2D eigenvalue weighted by molar-refractivity contribution is 7.90. The van der Waals surface area contributed by atoms with Crippen LogP contribution in [0.2, 0.25) is 0 Å². The van der Waals surface area contributed by atoms with Gasteiger partial charge in [-0.3, -0.25) is 4.79 Å². The molecule has 0 bridgehead atoms. The second-order valence-electron chi connectivity index (χ2n) is 6.35. The van der Waals surface area contributed by atoms with E-state index in [0.717, 1.165) is 23.1 Å². The van der Waals surface area contributed by atoms with Gasteiger partial charge in [0.1, 0.15) is 6.29 Å². The average molecular weight is 418 g/mol. The predicted octanol–water partition coefficient (Wildman–Crippen LogP) is 2.71. The van der Waals surface area contributed by atoms with E-state index in [-0.39, 0.29) is 29.0 Å². The van der Waals surface area contributed by atoms with E-state index >= 15 is 0 Å². The number of aromatic nitrogens is 2. The first-order valence-corrected chi connectivity index (χ1v) is 10.4. The largest absolute Gasteiger partial charge is 0.303 e. The lowest BCUT2D eigenvalue weighted by Gasteiger charge is -2.12. The number of sulfone groups is 1. The van der Waals surface area contributed by atoms with E-state index in [1.807, 2.05) is 0 Å². The second kappa shape index (κ2) is 8.04. The Labute approximate surface area is 165 Å². The molecule has 0 amide bonds. The van der Waals surface area contributed by atoms with E-state index in [9.17, 15) is 26.8 Å². The molecule has 0 N–H and O–H groups in total. The Morgan fingerprint density at radius 1 is 1.07 bits per heavy atom. The number of benzene rings is 2. The quantitative estimate of drug-likeness (QED) is 0.575. The number of aldehydes is 1. The Balaban J connectivity index is 2.15. The first-order valence-electron chi connectivity index (χ1n) is 8.53. The standard InChI is InChI=1S/C20H16F2N2O4S/c1-29(27,28)15-7-4-13(5-8-15)17-12-23-24(20(26)16(17)3-2-10-25)14-6-9-18(21)19(22)11-14/h4-12H,2-3H2,1H3. The molecule has 6 nitrogen and oxygen atoms in total. The van der Waals surface area contributed by atoms with E-state index in [0.29, 0.717) is 17.4 Å². The van der Waals surface area contributed by atoms with Crippen molar-refractivity contribution >= 4 is 16.1 Å². The first kappa shape index (κ1) is 20.5. The van der Waals surface area contributed by atoms with Gasteiger partial charge in [-0.1, -0.05) is 12.1 Å². The molecule has 9 heteroatoms. The number of carbonyl (C=O) groups is 1. The van der Waals surface area contributed by atoms with Gasteiger partial charge in [0.15, 0.2) is 21.5 Å². The van der Waals surface area contributed by atoms with Gasteiger partial charge in [-0.2, -0.15) is 9.78 Å². The van der Waals surface area contributed by atoms with E-state index in [4.69, 9.17) is 0 Å². The molecule has 0 unspecified atom stereocenters. The van der Waals surface area contributed by atoms with Gasteiger partial charge >= 0.3 is 0 Å². The smallest absolute Gasteiger partial charge is 0.275 e. The molecule has 3 aromatic rings. The van der Waals surface area contributed by atoms with Crippen LogP contribution in [-0.4, -0.2) is 30.7 Å². The summed E-state index contributed by atoms with van der Waals surface area (Å²) in [6.07, 6.45) is 3.31. The summed E-state index contributed by atoms with van der Waals surface area (Å²) >= 11 is 0. The molecule has 0 spiro atoms. The van der Waals surface area contributed by atoms with Crippen LogP contribution in [0.5, 0.6) is 0 Å². The Morgan fingerprint density at radius 2 is 1.76 bits per heavy atom. The topological polar surface area (TPSA) is 86.1 Å². The fourth-order valence-electron chi connectivity index (χ4n) is 2.86. The van der Waals surface area contributed by atoms with Gasteiger partial charge in [0.05, 0.1) is 16.8 Å². The van der Waals surface area contributed by atoms with Crippen LogP contribution in [0.3, 0.4) is 0 Å². The van der Waals surface area contributed by atoms with Crippen molar-refractivity contribution in [1.29, 1.82) is 0 Å². The molecule has 3 rings (SSSR count). The number of rotatable bonds is 6. The second-order valence-corrected chi connectivity index (χ2v) is 8.37. The lowest BCUT2D eigenvalue weighted by molar-refractivity contribution is -0.107. The normalized spacial score (nSPS) is 11.4. The van der Waals surface area contributed by atoms with Crippen molar-refractivity contribution in [3.8, 4) is 16.8 Å². The summed E-state index contributed by atoms with van der Waals surface area (Å²) < 4.78 is 51.0. The van der Waals surface area contributed by atoms with Crippen molar-refractivity contribution in [3.63, 3.8) is 0 Å². The van der Waals surface area contributed by atoms with Crippen LogP contribution < -0.4 is 5.56 Å². The molecule has 150 valence electrons. The average Bonchev–Trinajstić information content (AvgIpc) is 2.68. The van der Waals surface area contributed by atoms with Gasteiger partial charge in [0, 0.05) is 29.9 Å². The van der Waals surface area contributed by atoms with Gasteiger partial charge in [-0.15, -0.1) is 0 Å². The molecule has 0 aliphatic carbocycles. The van der Waals surface area contributed by atoms with Gasteiger partial charge in [0.25, 0.3) is 5.56 Å². The highest BCUT2D eigenvalue weighted by Gasteiger charge is 2.16. The van der Waals surface area contributed by atoms with Gasteiger partial charge < -0.3 is 4.79 Å². The number of halogens is 2. The molecule has 0 aliphatic heterocycles. The molecule has 0 saturated heterocycles. The molecule has 0 aliphatic rings. The monoisotopic (exact) mass is 418 g/mol. The first-order chi connectivity index (χ1) is 13.7. The third-order valence-electron chi connectivity index (χ3n) is 4.33. The summed E-state index contributed by atoms with van der Waals surface area (Å²) in [6, 6.07) is 8.87. The molecule has 0 saturated carbocycles. The molecular weight excluding hydrogens is 402 g/mol. The number of carbonyl (C=O) groups excluding carboxylic acids is 1. The Kier molecular flexibility index (Phi) is 5.69. The fourth-order valence-corrected chi connectivity index (χ4v) is 3.50. The summed E-state index contributed by atoms with van der Waals surface area (Å²) in [7, 11) is -3.38. The zero-order chi connectivity index (χ0) is 21.2. The molecule has 2 aromatic carbocycles. The number of nitrogens with zero attached hydrogens (tertiary/aromatic N) is 2. The highest BCUT2D eigenvalue weighted by Crippen LogP contribution is 2.24. The predicted molar refractivity (Wildman–Crippen MR) is 103 cm³/mol. The molecule has 0 atom stereocenters. The Morgan fingerprint density at radius 3 is 2.34 bits per heavy atom. The van der Waals surface area contributed by atoms with Gasteiger partial charge in [-0.05, 0) is 36.2 Å². The lowest BCUT2D eigenvalue weighted by Crippen LogP contribution is -2.26. The van der Waals surface area contributed by atoms with E-state index in [1.165, 1.54) is 24.4 Å². The van der Waals surface area contributed by atoms with E-state index in [1.54, 1.807) is 12.1 Å². The summed E-state index contributed by atoms with van der Waals surface area (Å²) in [5, 5.41) is 4.04. The van der Waals surface area contributed by atoms with Crippen molar-refractivity contribution in [2.45, 2.75) is 17.7 Å². The SMILES string of the molecule is CS(=O)(=O)c1ccc(-c2cnn(-c3ccc(F)c(F)c3)c(=O)c2CCC=O)cc1. The van der Waals surface area contributed by atoms with Crippen LogP contribution in [0.25, 0.3) is 16.8 Å². The van der Waals surface area contributed by atoms with Crippen LogP contribution in [0.1, 0.15) is 12.0 Å². The summed E-state index contributed by atoms with van der Waals surface area (Å²) in [5.41, 5.74) is 0.683. The van der Waals surface area contributed by atoms with E-state index < -0.39 is 27.0 Å². The minimum atomic E-state index is -3.38. The molecule has 0 fully saturated rings. The minimum Gasteiger partial charge on any atom is -0.303 e. The van der Waals surface area contributed by atoms with Crippen molar-refractivity contribution in [3.05, 3.63) is 76.2 Å². The van der Waals surface area contributed by atoms with Crippen LogP contribution in [0.15, 0.2) is 58.4 Å². The highest BCUT2D eigenvalue weighted by atomic mass is 32.2. The van der Waals surface area contributed by atoms with Gasteiger partial charge in [-0.25, -0.2) is 17.2 Å². The summed E-state index contributed by atoms with van der Waals surface area (Å²) in [6.45, 7) is 0. The van der Waals surface area contributed by atoms with Crippen molar-refractivity contribution in [1.82, 2.24) is 9.78 Å². The van der Waals surface area contributed by atoms with Crippen molar-refractivity contribution in [2.24, 2.45) is 0 Å².